The molecule has 2 aromatic rings. The standard InChI is InChI=1S/C13H13N5O/c1-9-4-5-10(3-2-6-14)11(7-9)16-13(19)12-8-15-18-17-12/h4-5,7-8H,6,14H2,1H3,(H,16,19)(H,15,17,18). The Balaban J connectivity index is 2.28. The third-order valence-electron chi connectivity index (χ3n) is 2.40. The largest absolute Gasteiger partial charge is 0.320 e. The summed E-state index contributed by atoms with van der Waals surface area (Å²) in [6.07, 6.45) is 1.36. The van der Waals surface area contributed by atoms with Crippen LogP contribution in [-0.2, 0) is 0 Å². The summed E-state index contributed by atoms with van der Waals surface area (Å²) in [5.74, 6) is 5.34. The van der Waals surface area contributed by atoms with Gasteiger partial charge in [0.1, 0.15) is 0 Å². The molecule has 4 N–H and O–H groups in total. The lowest BCUT2D eigenvalue weighted by Gasteiger charge is -2.07. The van der Waals surface area contributed by atoms with E-state index in [1.54, 1.807) is 0 Å². The van der Waals surface area contributed by atoms with Gasteiger partial charge in [-0.3, -0.25) is 4.79 Å². The molecule has 2 rings (SSSR count). The zero-order valence-electron chi connectivity index (χ0n) is 10.4. The number of amides is 1. The molecule has 6 heteroatoms. The van der Waals surface area contributed by atoms with Crippen LogP contribution in [0.2, 0.25) is 0 Å². The summed E-state index contributed by atoms with van der Waals surface area (Å²) in [5.41, 5.74) is 7.94. The molecule has 0 atom stereocenters. The van der Waals surface area contributed by atoms with Gasteiger partial charge >= 0.3 is 0 Å². The summed E-state index contributed by atoms with van der Waals surface area (Å²) >= 11 is 0. The second kappa shape index (κ2) is 5.80. The van der Waals surface area contributed by atoms with Crippen LogP contribution in [0.25, 0.3) is 0 Å². The SMILES string of the molecule is Cc1ccc(C#CCN)c(NC(=O)c2cn[nH]n2)c1. The van der Waals surface area contributed by atoms with Crippen LogP contribution in [-0.4, -0.2) is 27.9 Å². The number of nitrogens with two attached hydrogens (primary N) is 1. The molecule has 0 radical (unpaired) electrons. The molecule has 0 unspecified atom stereocenters. The molecule has 0 spiro atoms. The predicted molar refractivity (Wildman–Crippen MR) is 71.4 cm³/mol. The van der Waals surface area contributed by atoms with E-state index < -0.39 is 0 Å². The molecule has 1 aromatic carbocycles. The van der Waals surface area contributed by atoms with Gasteiger partial charge in [0.15, 0.2) is 5.69 Å². The Morgan fingerprint density at radius 1 is 1.53 bits per heavy atom. The molecule has 1 aromatic heterocycles. The van der Waals surface area contributed by atoms with Crippen molar-refractivity contribution in [3.63, 3.8) is 0 Å². The number of nitrogens with zero attached hydrogens (tertiary/aromatic N) is 2. The minimum Gasteiger partial charge on any atom is -0.320 e. The number of aromatic amines is 1. The highest BCUT2D eigenvalue weighted by atomic mass is 16.2. The van der Waals surface area contributed by atoms with Gasteiger partial charge < -0.3 is 11.1 Å². The molecule has 0 saturated heterocycles. The lowest BCUT2D eigenvalue weighted by atomic mass is 10.1. The summed E-state index contributed by atoms with van der Waals surface area (Å²) < 4.78 is 0. The van der Waals surface area contributed by atoms with Crippen molar-refractivity contribution in [1.82, 2.24) is 15.4 Å². The van der Waals surface area contributed by atoms with Crippen LogP contribution in [0.5, 0.6) is 0 Å². The zero-order valence-corrected chi connectivity index (χ0v) is 10.4. The summed E-state index contributed by atoms with van der Waals surface area (Å²) in [7, 11) is 0. The molecule has 1 heterocycles. The second-order valence-electron chi connectivity index (χ2n) is 3.86. The number of aryl methyl sites for hydroxylation is 1. The van der Waals surface area contributed by atoms with E-state index in [-0.39, 0.29) is 18.1 Å². The van der Waals surface area contributed by atoms with Gasteiger partial charge in [-0.25, -0.2) is 0 Å². The normalized spacial score (nSPS) is 9.58. The maximum absolute atomic E-state index is 11.9. The molecule has 0 aliphatic rings. The topological polar surface area (TPSA) is 96.7 Å². The van der Waals surface area contributed by atoms with E-state index in [4.69, 9.17) is 5.73 Å². The van der Waals surface area contributed by atoms with Crippen molar-refractivity contribution in [2.75, 3.05) is 11.9 Å². The highest BCUT2D eigenvalue weighted by Gasteiger charge is 2.10. The first-order valence-corrected chi connectivity index (χ1v) is 5.67. The van der Waals surface area contributed by atoms with Gasteiger partial charge in [0.05, 0.1) is 18.4 Å². The molecule has 0 fully saturated rings. The van der Waals surface area contributed by atoms with Gasteiger partial charge in [0, 0.05) is 5.56 Å². The van der Waals surface area contributed by atoms with Gasteiger partial charge in [0.25, 0.3) is 5.91 Å². The lowest BCUT2D eigenvalue weighted by Crippen LogP contribution is -2.13. The average molecular weight is 255 g/mol. The van der Waals surface area contributed by atoms with Crippen LogP contribution in [0.3, 0.4) is 0 Å². The molecule has 0 saturated carbocycles. The highest BCUT2D eigenvalue weighted by Crippen LogP contribution is 2.17. The molecule has 19 heavy (non-hydrogen) atoms. The van der Waals surface area contributed by atoms with Crippen LogP contribution < -0.4 is 11.1 Å². The molecular weight excluding hydrogens is 242 g/mol. The van der Waals surface area contributed by atoms with Gasteiger partial charge in [-0.2, -0.15) is 15.4 Å². The lowest BCUT2D eigenvalue weighted by molar-refractivity contribution is 0.102. The van der Waals surface area contributed by atoms with Crippen molar-refractivity contribution in [2.24, 2.45) is 5.73 Å². The number of carbonyl (C=O) groups is 1. The molecule has 0 bridgehead atoms. The molecule has 96 valence electrons. The minimum absolute atomic E-state index is 0.222. The Hall–Kier alpha value is -2.65. The molecule has 0 aliphatic carbocycles. The number of benzene rings is 1. The van der Waals surface area contributed by atoms with E-state index in [9.17, 15) is 4.79 Å². The number of anilines is 1. The summed E-state index contributed by atoms with van der Waals surface area (Å²) in [6, 6.07) is 5.61. The second-order valence-corrected chi connectivity index (χ2v) is 3.86. The maximum Gasteiger partial charge on any atom is 0.277 e. The summed E-state index contributed by atoms with van der Waals surface area (Å²) in [4.78, 5) is 11.9. The van der Waals surface area contributed by atoms with Crippen molar-refractivity contribution >= 4 is 11.6 Å². The zero-order chi connectivity index (χ0) is 13.7. The Morgan fingerprint density at radius 2 is 2.37 bits per heavy atom. The van der Waals surface area contributed by atoms with Crippen LogP contribution in [0, 0.1) is 18.8 Å². The molecule has 0 aliphatic heterocycles. The number of carbonyl (C=O) groups excluding carboxylic acids is 1. The van der Waals surface area contributed by atoms with E-state index in [2.05, 4.69) is 32.6 Å². The van der Waals surface area contributed by atoms with Crippen molar-refractivity contribution in [3.8, 4) is 11.8 Å². The first-order valence-electron chi connectivity index (χ1n) is 5.67. The number of H-pyrrole nitrogens is 1. The van der Waals surface area contributed by atoms with Gasteiger partial charge in [0.2, 0.25) is 0 Å². The Bertz CT molecular complexity index is 637. The number of hydrogen-bond acceptors (Lipinski definition) is 4. The smallest absolute Gasteiger partial charge is 0.277 e. The van der Waals surface area contributed by atoms with Crippen molar-refractivity contribution < 1.29 is 4.79 Å². The van der Waals surface area contributed by atoms with Gasteiger partial charge in [-0.1, -0.05) is 17.9 Å². The van der Waals surface area contributed by atoms with E-state index in [0.29, 0.717) is 11.3 Å². The Kier molecular flexibility index (Phi) is 3.90. The number of nitrogens with one attached hydrogen (secondary N) is 2. The van der Waals surface area contributed by atoms with Crippen LogP contribution in [0.4, 0.5) is 5.69 Å². The number of rotatable bonds is 2. The minimum atomic E-state index is -0.338. The Labute approximate surface area is 110 Å². The van der Waals surface area contributed by atoms with E-state index >= 15 is 0 Å². The maximum atomic E-state index is 11.9. The van der Waals surface area contributed by atoms with Crippen LogP contribution in [0.1, 0.15) is 21.6 Å². The third kappa shape index (κ3) is 3.18. The fraction of sp³-hybridized carbons (Fsp3) is 0.154. The van der Waals surface area contributed by atoms with E-state index in [0.717, 1.165) is 5.56 Å². The average Bonchev–Trinajstić information content (AvgIpc) is 2.92. The fourth-order valence-corrected chi connectivity index (χ4v) is 1.51. The number of hydrogen-bond donors (Lipinski definition) is 3. The van der Waals surface area contributed by atoms with Crippen LogP contribution >= 0.6 is 0 Å². The quantitative estimate of drug-likeness (QED) is 0.687. The van der Waals surface area contributed by atoms with Crippen molar-refractivity contribution in [2.45, 2.75) is 6.92 Å². The molecule has 6 nitrogen and oxygen atoms in total. The molecular formula is C13H13N5O. The van der Waals surface area contributed by atoms with Crippen LogP contribution in [0.15, 0.2) is 24.4 Å². The summed E-state index contributed by atoms with van der Waals surface area (Å²) in [6.45, 7) is 2.20. The van der Waals surface area contributed by atoms with Crippen molar-refractivity contribution in [1.29, 1.82) is 0 Å². The van der Waals surface area contributed by atoms with Crippen molar-refractivity contribution in [3.05, 3.63) is 41.2 Å². The fourth-order valence-electron chi connectivity index (χ4n) is 1.51. The van der Waals surface area contributed by atoms with E-state index in [1.165, 1.54) is 6.20 Å². The van der Waals surface area contributed by atoms with Gasteiger partial charge in [-0.05, 0) is 24.6 Å². The summed E-state index contributed by atoms with van der Waals surface area (Å²) in [5, 5.41) is 12.5. The first kappa shape index (κ1) is 12.8. The predicted octanol–water partition coefficient (Wildman–Crippen LogP) is 0.676. The third-order valence-corrected chi connectivity index (χ3v) is 2.40. The van der Waals surface area contributed by atoms with Gasteiger partial charge in [-0.15, -0.1) is 0 Å². The Morgan fingerprint density at radius 3 is 3.05 bits per heavy atom. The monoisotopic (exact) mass is 255 g/mol. The first-order chi connectivity index (χ1) is 9.20. The van der Waals surface area contributed by atoms with E-state index in [1.807, 2.05) is 25.1 Å². The highest BCUT2D eigenvalue weighted by molar-refractivity contribution is 6.03. The molecule has 1 amide bonds. The number of aromatic nitrogens is 3.